The Labute approximate surface area is 187 Å². The summed E-state index contributed by atoms with van der Waals surface area (Å²) in [6, 6.07) is 12.6. The standard InChI is InChI=1S/C24H28N2O6/c1-24(2,3)32-22(29)20(25-23(30)31-15-16-7-5-4-6-8-16)14-26-12-11-17-13-18(27)9-10-19(17)21(26)28/h4-10,13,20,27H,11-12,14-15H2,1-3H3,(H,25,30). The van der Waals surface area contributed by atoms with Crippen LogP contribution in [-0.4, -0.2) is 52.7 Å². The zero-order valence-electron chi connectivity index (χ0n) is 18.5. The van der Waals surface area contributed by atoms with Gasteiger partial charge in [-0.05, 0) is 56.5 Å². The van der Waals surface area contributed by atoms with Crippen LogP contribution in [0, 0.1) is 0 Å². The number of nitrogens with one attached hydrogen (secondary N) is 1. The number of rotatable bonds is 6. The number of hydrogen-bond acceptors (Lipinski definition) is 6. The quantitative estimate of drug-likeness (QED) is 0.669. The molecule has 0 aliphatic carbocycles. The number of nitrogens with zero attached hydrogens (tertiary/aromatic N) is 1. The molecule has 0 fully saturated rings. The van der Waals surface area contributed by atoms with Gasteiger partial charge in [-0.25, -0.2) is 9.59 Å². The summed E-state index contributed by atoms with van der Waals surface area (Å²) >= 11 is 0. The molecule has 3 rings (SSSR count). The first-order chi connectivity index (χ1) is 15.1. The van der Waals surface area contributed by atoms with Crippen molar-refractivity contribution in [1.29, 1.82) is 0 Å². The monoisotopic (exact) mass is 440 g/mol. The van der Waals surface area contributed by atoms with Crippen molar-refractivity contribution in [3.8, 4) is 5.75 Å². The van der Waals surface area contributed by atoms with E-state index in [1.165, 1.54) is 11.0 Å². The SMILES string of the molecule is CC(C)(C)OC(=O)C(CN1CCc2cc(O)ccc2C1=O)NC(=O)OCc1ccccc1. The van der Waals surface area contributed by atoms with Gasteiger partial charge in [0.15, 0.2) is 0 Å². The van der Waals surface area contributed by atoms with E-state index in [0.717, 1.165) is 11.1 Å². The van der Waals surface area contributed by atoms with Gasteiger partial charge in [-0.1, -0.05) is 30.3 Å². The van der Waals surface area contributed by atoms with E-state index in [1.54, 1.807) is 32.9 Å². The first-order valence-corrected chi connectivity index (χ1v) is 10.4. The number of amides is 2. The molecule has 1 aliphatic rings. The van der Waals surface area contributed by atoms with Crippen molar-refractivity contribution in [2.45, 2.75) is 45.4 Å². The third-order valence-corrected chi connectivity index (χ3v) is 4.86. The summed E-state index contributed by atoms with van der Waals surface area (Å²) in [5, 5.41) is 12.2. The highest BCUT2D eigenvalue weighted by Gasteiger charge is 2.33. The third kappa shape index (κ3) is 6.23. The molecule has 2 N–H and O–H groups in total. The van der Waals surface area contributed by atoms with E-state index in [9.17, 15) is 19.5 Å². The Kier molecular flexibility index (Phi) is 7.02. The number of aromatic hydroxyl groups is 1. The number of phenolic OH excluding ortho intramolecular Hbond substituents is 1. The lowest BCUT2D eigenvalue weighted by Crippen LogP contribution is -2.53. The summed E-state index contributed by atoms with van der Waals surface area (Å²) in [5.74, 6) is -0.836. The molecule has 170 valence electrons. The van der Waals surface area contributed by atoms with Crippen molar-refractivity contribution in [3.63, 3.8) is 0 Å². The average molecular weight is 440 g/mol. The van der Waals surface area contributed by atoms with E-state index < -0.39 is 23.7 Å². The van der Waals surface area contributed by atoms with Gasteiger partial charge in [-0.2, -0.15) is 0 Å². The molecule has 0 bridgehead atoms. The first kappa shape index (κ1) is 23.1. The van der Waals surface area contributed by atoms with Crippen molar-refractivity contribution in [2.75, 3.05) is 13.1 Å². The minimum atomic E-state index is -1.10. The van der Waals surface area contributed by atoms with Gasteiger partial charge in [0.1, 0.15) is 24.0 Å². The van der Waals surface area contributed by atoms with E-state index in [-0.39, 0.29) is 24.8 Å². The molecule has 2 aromatic carbocycles. The molecule has 32 heavy (non-hydrogen) atoms. The molecule has 0 spiro atoms. The van der Waals surface area contributed by atoms with Crippen LogP contribution in [0.4, 0.5) is 4.79 Å². The van der Waals surface area contributed by atoms with Gasteiger partial charge in [-0.3, -0.25) is 4.79 Å². The van der Waals surface area contributed by atoms with Gasteiger partial charge in [0, 0.05) is 12.1 Å². The predicted octanol–water partition coefficient (Wildman–Crippen LogP) is 3.03. The topological polar surface area (TPSA) is 105 Å². The van der Waals surface area contributed by atoms with E-state index in [1.807, 2.05) is 30.3 Å². The summed E-state index contributed by atoms with van der Waals surface area (Å²) in [5.41, 5.74) is 1.25. The Bertz CT molecular complexity index is 984. The lowest BCUT2D eigenvalue weighted by molar-refractivity contribution is -0.157. The molecule has 2 amide bonds. The Balaban J connectivity index is 1.70. The predicted molar refractivity (Wildman–Crippen MR) is 117 cm³/mol. The summed E-state index contributed by atoms with van der Waals surface area (Å²) in [6.45, 7) is 5.51. The van der Waals surface area contributed by atoms with Gasteiger partial charge in [0.2, 0.25) is 0 Å². The lowest BCUT2D eigenvalue weighted by Gasteiger charge is -2.32. The number of hydrogen-bond donors (Lipinski definition) is 2. The number of fused-ring (bicyclic) bond motifs is 1. The number of alkyl carbamates (subject to hydrolysis) is 1. The fraction of sp³-hybridized carbons (Fsp3) is 0.375. The van der Waals surface area contributed by atoms with Crippen molar-refractivity contribution in [2.24, 2.45) is 0 Å². The van der Waals surface area contributed by atoms with Crippen LogP contribution in [0.15, 0.2) is 48.5 Å². The highest BCUT2D eigenvalue weighted by molar-refractivity contribution is 5.97. The lowest BCUT2D eigenvalue weighted by atomic mass is 9.98. The normalized spacial score (nSPS) is 14.3. The zero-order chi connectivity index (χ0) is 23.3. The Hall–Kier alpha value is -3.55. The van der Waals surface area contributed by atoms with E-state index in [4.69, 9.17) is 9.47 Å². The van der Waals surface area contributed by atoms with E-state index >= 15 is 0 Å². The van der Waals surface area contributed by atoms with Gasteiger partial charge >= 0.3 is 12.1 Å². The second kappa shape index (κ2) is 9.72. The molecule has 1 unspecified atom stereocenters. The number of benzene rings is 2. The molecule has 0 radical (unpaired) electrons. The maximum Gasteiger partial charge on any atom is 0.408 e. The van der Waals surface area contributed by atoms with Crippen LogP contribution >= 0.6 is 0 Å². The molecule has 8 heteroatoms. The molecular weight excluding hydrogens is 412 g/mol. The van der Waals surface area contributed by atoms with Crippen molar-refractivity contribution in [1.82, 2.24) is 10.2 Å². The molecular formula is C24H28N2O6. The molecule has 1 heterocycles. The highest BCUT2D eigenvalue weighted by atomic mass is 16.6. The maximum atomic E-state index is 12.9. The molecule has 2 aromatic rings. The molecule has 1 atom stereocenters. The summed E-state index contributed by atoms with van der Waals surface area (Å²) in [6.07, 6.45) is -0.255. The van der Waals surface area contributed by atoms with Crippen molar-refractivity contribution < 1.29 is 29.0 Å². The molecule has 0 saturated heterocycles. The maximum absolute atomic E-state index is 12.9. The second-order valence-corrected chi connectivity index (χ2v) is 8.63. The number of phenols is 1. The number of esters is 1. The fourth-order valence-corrected chi connectivity index (χ4v) is 3.38. The smallest absolute Gasteiger partial charge is 0.408 e. The van der Waals surface area contributed by atoms with Gasteiger partial charge in [0.05, 0.1) is 6.54 Å². The Morgan fingerprint density at radius 2 is 1.88 bits per heavy atom. The number of ether oxygens (including phenoxy) is 2. The molecule has 0 aromatic heterocycles. The second-order valence-electron chi connectivity index (χ2n) is 8.63. The first-order valence-electron chi connectivity index (χ1n) is 10.4. The minimum Gasteiger partial charge on any atom is -0.508 e. The van der Waals surface area contributed by atoms with Crippen molar-refractivity contribution in [3.05, 3.63) is 65.2 Å². The van der Waals surface area contributed by atoms with Crippen LogP contribution in [0.2, 0.25) is 0 Å². The number of carbonyl (C=O) groups excluding carboxylic acids is 3. The summed E-state index contributed by atoms with van der Waals surface area (Å²) in [4.78, 5) is 39.6. The Morgan fingerprint density at radius 3 is 2.56 bits per heavy atom. The van der Waals surface area contributed by atoms with Crippen molar-refractivity contribution >= 4 is 18.0 Å². The van der Waals surface area contributed by atoms with Crippen LogP contribution in [0.1, 0.15) is 42.3 Å². The molecule has 8 nitrogen and oxygen atoms in total. The summed E-state index contributed by atoms with van der Waals surface area (Å²) < 4.78 is 10.7. The summed E-state index contributed by atoms with van der Waals surface area (Å²) in [7, 11) is 0. The third-order valence-electron chi connectivity index (χ3n) is 4.86. The van der Waals surface area contributed by atoms with E-state index in [0.29, 0.717) is 18.5 Å². The fourth-order valence-electron chi connectivity index (χ4n) is 3.38. The van der Waals surface area contributed by atoms with Gasteiger partial charge in [-0.15, -0.1) is 0 Å². The largest absolute Gasteiger partial charge is 0.508 e. The Morgan fingerprint density at radius 1 is 1.16 bits per heavy atom. The van der Waals surface area contributed by atoms with E-state index in [2.05, 4.69) is 5.32 Å². The molecule has 1 aliphatic heterocycles. The highest BCUT2D eigenvalue weighted by Crippen LogP contribution is 2.23. The minimum absolute atomic E-state index is 0.0488. The van der Waals surface area contributed by atoms with Crippen LogP contribution < -0.4 is 5.32 Å². The van der Waals surface area contributed by atoms with Crippen LogP contribution in [0.25, 0.3) is 0 Å². The number of carbonyl (C=O) groups is 3. The van der Waals surface area contributed by atoms with Gasteiger partial charge < -0.3 is 24.8 Å². The molecule has 0 saturated carbocycles. The zero-order valence-corrected chi connectivity index (χ0v) is 18.5. The van der Waals surface area contributed by atoms with Gasteiger partial charge in [0.25, 0.3) is 5.91 Å². The van der Waals surface area contributed by atoms with Crippen LogP contribution in [-0.2, 0) is 27.3 Å². The average Bonchev–Trinajstić information content (AvgIpc) is 2.73. The van der Waals surface area contributed by atoms with Crippen LogP contribution in [0.3, 0.4) is 0 Å². The van der Waals surface area contributed by atoms with Crippen LogP contribution in [0.5, 0.6) is 5.75 Å².